The minimum absolute atomic E-state index is 0.301. The summed E-state index contributed by atoms with van der Waals surface area (Å²) in [6.07, 6.45) is 7.85. The zero-order valence-corrected chi connectivity index (χ0v) is 13.3. The van der Waals surface area contributed by atoms with Gasteiger partial charge in [-0.1, -0.05) is 47.1 Å². The highest BCUT2D eigenvalue weighted by Gasteiger charge is 2.37. The minimum atomic E-state index is -1.57. The molecule has 0 unspecified atom stereocenters. The highest BCUT2D eigenvalue weighted by molar-refractivity contribution is 6.74. The average molecular weight is 242 g/mol. The Bertz CT molecular complexity index is 211. The molecule has 0 atom stereocenters. The van der Waals surface area contributed by atoms with Crippen molar-refractivity contribution in [2.24, 2.45) is 5.92 Å². The Kier molecular flexibility index (Phi) is 6.38. The molecule has 2 heteroatoms. The molecule has 0 amide bonds. The van der Waals surface area contributed by atoms with Gasteiger partial charge in [-0.3, -0.25) is 0 Å². The molecule has 0 aliphatic carbocycles. The number of hydrogen-bond acceptors (Lipinski definition) is 1. The van der Waals surface area contributed by atoms with E-state index in [1.807, 2.05) is 6.26 Å². The van der Waals surface area contributed by atoms with Crippen LogP contribution in [0.1, 0.15) is 53.9 Å². The summed E-state index contributed by atoms with van der Waals surface area (Å²) in [6.45, 7) is 15.9. The molecular weight excluding hydrogens is 212 g/mol. The van der Waals surface area contributed by atoms with Crippen LogP contribution in [0.25, 0.3) is 0 Å². The summed E-state index contributed by atoms with van der Waals surface area (Å²) in [4.78, 5) is 0. The summed E-state index contributed by atoms with van der Waals surface area (Å²) >= 11 is 0. The first-order chi connectivity index (χ1) is 7.17. The van der Waals surface area contributed by atoms with Crippen LogP contribution in [-0.4, -0.2) is 8.32 Å². The van der Waals surface area contributed by atoms with Gasteiger partial charge in [0, 0.05) is 0 Å². The van der Waals surface area contributed by atoms with Crippen LogP contribution in [-0.2, 0) is 4.43 Å². The minimum Gasteiger partial charge on any atom is -0.549 e. The SMILES string of the molecule is CC(C)CCCC=CO[Si](C)(C)C(C)(C)C. The van der Waals surface area contributed by atoms with Gasteiger partial charge in [0.2, 0.25) is 8.32 Å². The fourth-order valence-corrected chi connectivity index (χ4v) is 1.90. The van der Waals surface area contributed by atoms with E-state index in [2.05, 4.69) is 53.8 Å². The van der Waals surface area contributed by atoms with E-state index < -0.39 is 8.32 Å². The molecule has 96 valence electrons. The van der Waals surface area contributed by atoms with Crippen molar-refractivity contribution in [1.82, 2.24) is 0 Å². The third-order valence-corrected chi connectivity index (χ3v) is 7.76. The molecule has 0 spiro atoms. The van der Waals surface area contributed by atoms with Crippen molar-refractivity contribution >= 4 is 8.32 Å². The maximum atomic E-state index is 5.96. The molecule has 0 heterocycles. The smallest absolute Gasteiger partial charge is 0.249 e. The van der Waals surface area contributed by atoms with Gasteiger partial charge >= 0.3 is 0 Å². The van der Waals surface area contributed by atoms with Crippen LogP contribution >= 0.6 is 0 Å². The quantitative estimate of drug-likeness (QED) is 0.347. The fraction of sp³-hybridized carbons (Fsp3) is 0.857. The molecular formula is C14H30OSi. The van der Waals surface area contributed by atoms with Gasteiger partial charge < -0.3 is 4.43 Å². The lowest BCUT2D eigenvalue weighted by Gasteiger charge is -2.34. The lowest BCUT2D eigenvalue weighted by atomic mass is 10.1. The molecule has 0 N–H and O–H groups in total. The third-order valence-electron chi connectivity index (χ3n) is 3.42. The number of allylic oxidation sites excluding steroid dienone is 1. The summed E-state index contributed by atoms with van der Waals surface area (Å²) in [5.41, 5.74) is 0. The van der Waals surface area contributed by atoms with Gasteiger partial charge in [-0.05, 0) is 36.9 Å². The predicted molar refractivity (Wildman–Crippen MR) is 76.1 cm³/mol. The van der Waals surface area contributed by atoms with Crippen LogP contribution in [0, 0.1) is 5.92 Å². The summed E-state index contributed by atoms with van der Waals surface area (Å²) in [7, 11) is -1.57. The summed E-state index contributed by atoms with van der Waals surface area (Å²) in [5, 5.41) is 0.301. The summed E-state index contributed by atoms with van der Waals surface area (Å²) in [6, 6.07) is 0. The Morgan fingerprint density at radius 1 is 1.19 bits per heavy atom. The highest BCUT2D eigenvalue weighted by atomic mass is 28.4. The van der Waals surface area contributed by atoms with E-state index in [1.54, 1.807) is 0 Å². The van der Waals surface area contributed by atoms with Crippen molar-refractivity contribution in [3.8, 4) is 0 Å². The Labute approximate surface area is 103 Å². The van der Waals surface area contributed by atoms with E-state index in [0.29, 0.717) is 5.04 Å². The van der Waals surface area contributed by atoms with E-state index in [4.69, 9.17) is 4.43 Å². The van der Waals surface area contributed by atoms with Gasteiger partial charge in [0.25, 0.3) is 0 Å². The highest BCUT2D eigenvalue weighted by Crippen LogP contribution is 2.36. The van der Waals surface area contributed by atoms with Crippen molar-refractivity contribution in [2.45, 2.75) is 72.0 Å². The Morgan fingerprint density at radius 3 is 2.19 bits per heavy atom. The van der Waals surface area contributed by atoms with Gasteiger partial charge in [0.05, 0.1) is 6.26 Å². The van der Waals surface area contributed by atoms with Gasteiger partial charge in [0.1, 0.15) is 0 Å². The van der Waals surface area contributed by atoms with E-state index in [-0.39, 0.29) is 0 Å². The molecule has 1 nitrogen and oxygen atoms in total. The molecule has 0 aliphatic rings. The van der Waals surface area contributed by atoms with Crippen LogP contribution < -0.4 is 0 Å². The maximum absolute atomic E-state index is 5.96. The van der Waals surface area contributed by atoms with E-state index in [0.717, 1.165) is 12.3 Å². The second-order valence-corrected chi connectivity index (χ2v) is 11.3. The number of rotatable bonds is 6. The molecule has 0 bridgehead atoms. The van der Waals surface area contributed by atoms with E-state index >= 15 is 0 Å². The molecule has 0 aromatic rings. The number of unbranched alkanes of at least 4 members (excludes halogenated alkanes) is 1. The second-order valence-electron chi connectivity index (χ2n) is 6.57. The van der Waals surface area contributed by atoms with Gasteiger partial charge in [0.15, 0.2) is 0 Å². The molecule has 0 saturated carbocycles. The molecule has 16 heavy (non-hydrogen) atoms. The van der Waals surface area contributed by atoms with Gasteiger partial charge in [-0.25, -0.2) is 0 Å². The molecule has 0 rings (SSSR count). The number of hydrogen-bond donors (Lipinski definition) is 0. The Balaban J connectivity index is 3.84. The molecule has 0 radical (unpaired) electrons. The normalized spacial score (nSPS) is 13.8. The molecule has 0 aromatic heterocycles. The second kappa shape index (κ2) is 6.48. The zero-order valence-electron chi connectivity index (χ0n) is 12.3. The summed E-state index contributed by atoms with van der Waals surface area (Å²) in [5.74, 6) is 0.815. The zero-order chi connectivity index (χ0) is 12.8. The van der Waals surface area contributed by atoms with Crippen molar-refractivity contribution in [2.75, 3.05) is 0 Å². The molecule has 0 fully saturated rings. The van der Waals surface area contributed by atoms with Crippen LogP contribution in [0.4, 0.5) is 0 Å². The largest absolute Gasteiger partial charge is 0.549 e. The average Bonchev–Trinajstić information content (AvgIpc) is 2.08. The first-order valence-electron chi connectivity index (χ1n) is 6.49. The van der Waals surface area contributed by atoms with Crippen molar-refractivity contribution in [3.05, 3.63) is 12.3 Å². The topological polar surface area (TPSA) is 9.23 Å². The molecule has 0 aromatic carbocycles. The third kappa shape index (κ3) is 6.36. The van der Waals surface area contributed by atoms with E-state index in [9.17, 15) is 0 Å². The maximum Gasteiger partial charge on any atom is 0.249 e. The van der Waals surface area contributed by atoms with Crippen molar-refractivity contribution < 1.29 is 4.43 Å². The van der Waals surface area contributed by atoms with E-state index in [1.165, 1.54) is 12.8 Å². The summed E-state index contributed by atoms with van der Waals surface area (Å²) < 4.78 is 5.96. The van der Waals surface area contributed by atoms with Crippen molar-refractivity contribution in [1.29, 1.82) is 0 Å². The first-order valence-corrected chi connectivity index (χ1v) is 9.40. The van der Waals surface area contributed by atoms with Crippen LogP contribution in [0.5, 0.6) is 0 Å². The fourth-order valence-electron chi connectivity index (χ4n) is 1.11. The standard InChI is InChI=1S/C14H30OSi/c1-13(2)11-9-8-10-12-15-16(6,7)14(3,4)5/h10,12-13H,8-9,11H2,1-7H3. The van der Waals surface area contributed by atoms with Crippen LogP contribution in [0.3, 0.4) is 0 Å². The van der Waals surface area contributed by atoms with Crippen molar-refractivity contribution in [3.63, 3.8) is 0 Å². The van der Waals surface area contributed by atoms with Crippen LogP contribution in [0.2, 0.25) is 18.1 Å². The predicted octanol–water partition coefficient (Wildman–Crippen LogP) is 5.35. The first kappa shape index (κ1) is 15.8. The molecule has 0 saturated heterocycles. The Hall–Kier alpha value is -0.243. The lowest BCUT2D eigenvalue weighted by Crippen LogP contribution is -2.39. The monoisotopic (exact) mass is 242 g/mol. The Morgan fingerprint density at radius 2 is 1.75 bits per heavy atom. The van der Waals surface area contributed by atoms with Crippen LogP contribution in [0.15, 0.2) is 12.3 Å². The molecule has 0 aliphatic heterocycles. The lowest BCUT2D eigenvalue weighted by molar-refractivity contribution is 0.427. The van der Waals surface area contributed by atoms with Gasteiger partial charge in [-0.15, -0.1) is 0 Å². The van der Waals surface area contributed by atoms with Gasteiger partial charge in [-0.2, -0.15) is 0 Å².